The molecule has 0 atom stereocenters. The lowest BCUT2D eigenvalue weighted by atomic mass is 9.87. The van der Waals surface area contributed by atoms with Gasteiger partial charge >= 0.3 is 5.97 Å². The molecule has 0 saturated carbocycles. The van der Waals surface area contributed by atoms with Crippen molar-refractivity contribution in [2.24, 2.45) is 0 Å². The molecule has 2 aromatic carbocycles. The van der Waals surface area contributed by atoms with Gasteiger partial charge in [-0.1, -0.05) is 32.9 Å². The Bertz CT molecular complexity index is 1010. The van der Waals surface area contributed by atoms with Gasteiger partial charge in [-0.15, -0.1) is 0 Å². The summed E-state index contributed by atoms with van der Waals surface area (Å²) in [5, 5.41) is 8.19. The lowest BCUT2D eigenvalue weighted by molar-refractivity contribution is -0.137. The van der Waals surface area contributed by atoms with Crippen LogP contribution in [0.1, 0.15) is 43.6 Å². The van der Waals surface area contributed by atoms with E-state index in [1.807, 2.05) is 24.3 Å². The van der Waals surface area contributed by atoms with E-state index in [0.29, 0.717) is 16.9 Å². The van der Waals surface area contributed by atoms with Crippen molar-refractivity contribution in [1.82, 2.24) is 5.32 Å². The van der Waals surface area contributed by atoms with Crippen LogP contribution in [0.4, 0.5) is 11.4 Å². The molecule has 7 nitrogen and oxygen atoms in total. The van der Waals surface area contributed by atoms with Gasteiger partial charge in [-0.3, -0.25) is 14.9 Å². The maximum atomic E-state index is 12.5. The van der Waals surface area contributed by atoms with Crippen LogP contribution in [0.15, 0.2) is 60.7 Å². The molecule has 2 rings (SSSR count). The van der Waals surface area contributed by atoms with Crippen LogP contribution in [0.25, 0.3) is 0 Å². The molecule has 0 saturated heterocycles. The third-order valence-corrected chi connectivity index (χ3v) is 4.51. The van der Waals surface area contributed by atoms with E-state index in [4.69, 9.17) is 17.0 Å². The minimum absolute atomic E-state index is 0.0229. The minimum Gasteiger partial charge on any atom is -0.463 e. The minimum atomic E-state index is -0.607. The second-order valence-electron chi connectivity index (χ2n) is 7.89. The van der Waals surface area contributed by atoms with Gasteiger partial charge in [-0.25, -0.2) is 4.79 Å². The fourth-order valence-corrected chi connectivity index (χ4v) is 2.83. The molecule has 0 aromatic heterocycles. The van der Waals surface area contributed by atoms with Crippen molar-refractivity contribution in [2.75, 3.05) is 17.2 Å². The summed E-state index contributed by atoms with van der Waals surface area (Å²) in [7, 11) is 0. The number of hydrogen-bond acceptors (Lipinski definition) is 5. The number of ether oxygens (including phenoxy) is 1. The quantitative estimate of drug-likeness (QED) is 0.345. The molecule has 0 unspecified atom stereocenters. The number of thiocarbonyl (C=S) groups is 1. The van der Waals surface area contributed by atoms with E-state index in [9.17, 15) is 14.4 Å². The van der Waals surface area contributed by atoms with E-state index in [2.05, 4.69) is 36.7 Å². The molecule has 0 radical (unpaired) electrons. The summed E-state index contributed by atoms with van der Waals surface area (Å²) in [5.74, 6) is -1.37. The molecule has 8 heteroatoms. The van der Waals surface area contributed by atoms with E-state index >= 15 is 0 Å². The number of nitrogens with one attached hydrogen (secondary N) is 3. The molecule has 2 aromatic rings. The molecule has 3 N–H and O–H groups in total. The summed E-state index contributed by atoms with van der Waals surface area (Å²) < 4.78 is 4.69. The SMILES string of the molecule is CCOC(=O)/C=C/C(=O)NC(=S)Nc1ccc(NC(=O)c2ccc(C(C)(C)C)cc2)cc1. The Morgan fingerprint density at radius 2 is 1.47 bits per heavy atom. The molecule has 0 fully saturated rings. The molecule has 2 amide bonds. The van der Waals surface area contributed by atoms with Gasteiger partial charge in [0.05, 0.1) is 6.61 Å². The molecule has 0 aliphatic heterocycles. The van der Waals surface area contributed by atoms with Gasteiger partial charge in [0, 0.05) is 29.1 Å². The molecule has 0 aliphatic rings. The van der Waals surface area contributed by atoms with Gasteiger partial charge in [-0.2, -0.15) is 0 Å². The summed E-state index contributed by atoms with van der Waals surface area (Å²) in [6.45, 7) is 8.26. The highest BCUT2D eigenvalue weighted by atomic mass is 32.1. The predicted octanol–water partition coefficient (Wildman–Crippen LogP) is 4.17. The van der Waals surface area contributed by atoms with Crippen molar-refractivity contribution < 1.29 is 19.1 Å². The Hall–Kier alpha value is -3.52. The molecule has 0 aliphatic carbocycles. The highest BCUT2D eigenvalue weighted by molar-refractivity contribution is 7.80. The highest BCUT2D eigenvalue weighted by Crippen LogP contribution is 2.22. The van der Waals surface area contributed by atoms with Crippen LogP contribution in [-0.2, 0) is 19.7 Å². The van der Waals surface area contributed by atoms with Crippen LogP contribution < -0.4 is 16.0 Å². The number of benzene rings is 2. The number of esters is 1. The summed E-state index contributed by atoms with van der Waals surface area (Å²) >= 11 is 5.08. The molecular weight excluding hydrogens is 426 g/mol. The third-order valence-electron chi connectivity index (χ3n) is 4.31. The Kier molecular flexibility index (Phi) is 8.66. The molecule has 0 spiro atoms. The van der Waals surface area contributed by atoms with Gasteiger partial charge in [-0.05, 0) is 66.5 Å². The average Bonchev–Trinajstić information content (AvgIpc) is 2.73. The lowest BCUT2D eigenvalue weighted by Crippen LogP contribution is -2.33. The second kappa shape index (κ2) is 11.2. The first-order valence-corrected chi connectivity index (χ1v) is 10.5. The predicted molar refractivity (Wildman–Crippen MR) is 130 cm³/mol. The summed E-state index contributed by atoms with van der Waals surface area (Å²) in [6, 6.07) is 14.4. The first-order chi connectivity index (χ1) is 15.1. The topological polar surface area (TPSA) is 96.5 Å². The Morgan fingerprint density at radius 1 is 0.906 bits per heavy atom. The maximum Gasteiger partial charge on any atom is 0.330 e. The fraction of sp³-hybridized carbons (Fsp3) is 0.250. The van der Waals surface area contributed by atoms with Crippen molar-refractivity contribution in [3.05, 3.63) is 71.8 Å². The Labute approximate surface area is 193 Å². The number of carbonyl (C=O) groups is 3. The van der Waals surface area contributed by atoms with Crippen LogP contribution in [0.5, 0.6) is 0 Å². The molecule has 0 bridgehead atoms. The van der Waals surface area contributed by atoms with Crippen molar-refractivity contribution >= 4 is 46.5 Å². The number of anilines is 2. The number of hydrogen-bond donors (Lipinski definition) is 3. The normalized spacial score (nSPS) is 11.0. The zero-order valence-electron chi connectivity index (χ0n) is 18.5. The third kappa shape index (κ3) is 7.96. The van der Waals surface area contributed by atoms with Crippen molar-refractivity contribution in [2.45, 2.75) is 33.1 Å². The Morgan fingerprint density at radius 3 is 2.00 bits per heavy atom. The molecule has 168 valence electrons. The molecule has 32 heavy (non-hydrogen) atoms. The van der Waals surface area contributed by atoms with E-state index in [1.54, 1.807) is 31.2 Å². The largest absolute Gasteiger partial charge is 0.463 e. The monoisotopic (exact) mass is 453 g/mol. The van der Waals surface area contributed by atoms with Crippen LogP contribution in [0, 0.1) is 0 Å². The first kappa shape index (κ1) is 24.7. The van der Waals surface area contributed by atoms with Crippen molar-refractivity contribution in [3.8, 4) is 0 Å². The maximum absolute atomic E-state index is 12.5. The lowest BCUT2D eigenvalue weighted by Gasteiger charge is -2.19. The van der Waals surface area contributed by atoms with Gasteiger partial charge in [0.1, 0.15) is 0 Å². The zero-order chi connectivity index (χ0) is 23.7. The van der Waals surface area contributed by atoms with E-state index in [1.165, 1.54) is 0 Å². The standard InChI is InChI=1S/C24H27N3O4S/c1-5-31-21(29)15-14-20(28)27-23(32)26-19-12-10-18(11-13-19)25-22(30)16-6-8-17(9-7-16)24(2,3)4/h6-15H,5H2,1-4H3,(H,25,30)(H2,26,27,28,32)/b15-14+. The van der Waals surface area contributed by atoms with Crippen molar-refractivity contribution in [1.29, 1.82) is 0 Å². The van der Waals surface area contributed by atoms with Gasteiger partial charge < -0.3 is 15.4 Å². The first-order valence-electron chi connectivity index (χ1n) is 10.1. The fourth-order valence-electron chi connectivity index (χ4n) is 2.61. The van der Waals surface area contributed by atoms with E-state index in [-0.39, 0.29) is 23.0 Å². The van der Waals surface area contributed by atoms with Gasteiger partial charge in [0.15, 0.2) is 5.11 Å². The number of rotatable bonds is 6. The van der Waals surface area contributed by atoms with Crippen LogP contribution in [0.2, 0.25) is 0 Å². The number of carbonyl (C=O) groups excluding carboxylic acids is 3. The summed E-state index contributed by atoms with van der Waals surface area (Å²) in [4.78, 5) is 35.4. The average molecular weight is 454 g/mol. The van der Waals surface area contributed by atoms with E-state index in [0.717, 1.165) is 17.7 Å². The van der Waals surface area contributed by atoms with Crippen LogP contribution >= 0.6 is 12.2 Å². The van der Waals surface area contributed by atoms with Crippen molar-refractivity contribution in [3.63, 3.8) is 0 Å². The Balaban J connectivity index is 1.88. The summed E-state index contributed by atoms with van der Waals surface area (Å²) in [5.41, 5.74) is 2.99. The highest BCUT2D eigenvalue weighted by Gasteiger charge is 2.14. The van der Waals surface area contributed by atoms with Gasteiger partial charge in [0.2, 0.25) is 5.91 Å². The zero-order valence-corrected chi connectivity index (χ0v) is 19.3. The van der Waals surface area contributed by atoms with Crippen LogP contribution in [-0.4, -0.2) is 29.5 Å². The number of amides is 2. The smallest absolute Gasteiger partial charge is 0.330 e. The van der Waals surface area contributed by atoms with Gasteiger partial charge in [0.25, 0.3) is 5.91 Å². The molecular formula is C24H27N3O4S. The molecule has 0 heterocycles. The summed E-state index contributed by atoms with van der Waals surface area (Å²) in [6.07, 6.45) is 2.06. The second-order valence-corrected chi connectivity index (χ2v) is 8.30. The van der Waals surface area contributed by atoms with E-state index < -0.39 is 11.9 Å². The van der Waals surface area contributed by atoms with Crippen LogP contribution in [0.3, 0.4) is 0 Å².